The molecule has 1 aromatic carbocycles. The number of para-hydroxylation sites is 2. The van der Waals surface area contributed by atoms with Gasteiger partial charge >= 0.3 is 6.09 Å². The molecule has 248 valence electrons. The van der Waals surface area contributed by atoms with E-state index in [1.165, 1.54) is 25.6 Å². The topological polar surface area (TPSA) is 176 Å². The van der Waals surface area contributed by atoms with Crippen LogP contribution in [0.1, 0.15) is 25.3 Å². The molecule has 4 aromatic rings. The minimum absolute atomic E-state index is 0.109. The fourth-order valence-electron chi connectivity index (χ4n) is 4.32. The number of methoxy groups -OCH3 is 1. The molecule has 1 aliphatic rings. The van der Waals surface area contributed by atoms with E-state index in [4.69, 9.17) is 23.7 Å². The van der Waals surface area contributed by atoms with Crippen molar-refractivity contribution >= 4 is 33.7 Å². The number of anilines is 3. The molecule has 0 saturated carbocycles. The van der Waals surface area contributed by atoms with Gasteiger partial charge in [-0.1, -0.05) is 38.1 Å². The lowest BCUT2D eigenvalue weighted by atomic mass is 10.1. The largest absolute Gasteiger partial charge is 0.493 e. The zero-order chi connectivity index (χ0) is 33.2. The van der Waals surface area contributed by atoms with Crippen LogP contribution >= 0.6 is 0 Å². The molecule has 0 atom stereocenters. The highest BCUT2D eigenvalue weighted by Gasteiger charge is 2.28. The van der Waals surface area contributed by atoms with Crippen molar-refractivity contribution in [1.29, 1.82) is 0 Å². The maximum atomic E-state index is 13.6. The van der Waals surface area contributed by atoms with Gasteiger partial charge in [0.15, 0.2) is 22.3 Å². The zero-order valence-electron chi connectivity index (χ0n) is 26.1. The summed E-state index contributed by atoms with van der Waals surface area (Å²) in [5, 5.41) is 2.30. The summed E-state index contributed by atoms with van der Waals surface area (Å²) in [7, 11) is -2.79. The monoisotopic (exact) mass is 665 g/mol. The Morgan fingerprint density at radius 1 is 0.979 bits per heavy atom. The minimum atomic E-state index is -4.26. The van der Waals surface area contributed by atoms with Crippen LogP contribution < -0.4 is 29.1 Å². The molecule has 0 aliphatic carbocycles. The first kappa shape index (κ1) is 33.2. The van der Waals surface area contributed by atoms with E-state index < -0.39 is 16.1 Å². The SMILES string of the molecule is COc1ccccc1Oc1c(NS(=O)(=O)c2ccc(C(C)C)cn2)nc(N2CCOCC2)nc1OCCOC(=O)Nc1ccccn1. The third kappa shape index (κ3) is 8.74. The first-order chi connectivity index (χ1) is 22.7. The number of benzene rings is 1. The first-order valence-corrected chi connectivity index (χ1v) is 16.2. The maximum Gasteiger partial charge on any atom is 0.412 e. The van der Waals surface area contributed by atoms with Crippen LogP contribution in [0.5, 0.6) is 23.1 Å². The Hall–Kier alpha value is -5.22. The van der Waals surface area contributed by atoms with Gasteiger partial charge in [0.25, 0.3) is 15.9 Å². The molecule has 1 saturated heterocycles. The van der Waals surface area contributed by atoms with Crippen molar-refractivity contribution < 1.29 is 36.9 Å². The highest BCUT2D eigenvalue weighted by molar-refractivity contribution is 7.92. The van der Waals surface area contributed by atoms with Gasteiger partial charge in [-0.2, -0.15) is 18.4 Å². The lowest BCUT2D eigenvalue weighted by Crippen LogP contribution is -2.37. The third-order valence-electron chi connectivity index (χ3n) is 6.78. The fourth-order valence-corrected chi connectivity index (χ4v) is 5.25. The molecular weight excluding hydrogens is 630 g/mol. The average molecular weight is 666 g/mol. The number of morpholine rings is 1. The van der Waals surface area contributed by atoms with Crippen LogP contribution in [0.2, 0.25) is 0 Å². The molecule has 15 nitrogen and oxygen atoms in total. The lowest BCUT2D eigenvalue weighted by molar-refractivity contribution is 0.121. The van der Waals surface area contributed by atoms with E-state index >= 15 is 0 Å². The summed E-state index contributed by atoms with van der Waals surface area (Å²) in [4.78, 5) is 31.4. The molecule has 1 amide bonds. The summed E-state index contributed by atoms with van der Waals surface area (Å²) < 4.78 is 58.1. The average Bonchev–Trinajstić information content (AvgIpc) is 3.08. The van der Waals surface area contributed by atoms with Gasteiger partial charge < -0.3 is 28.6 Å². The molecule has 1 aliphatic heterocycles. The number of aromatic nitrogens is 4. The Kier molecular flexibility index (Phi) is 10.8. The van der Waals surface area contributed by atoms with Crippen LogP contribution in [0, 0.1) is 0 Å². The summed E-state index contributed by atoms with van der Waals surface area (Å²) in [6.45, 7) is 5.37. The number of nitrogens with zero attached hydrogens (tertiary/aromatic N) is 5. The van der Waals surface area contributed by atoms with Crippen molar-refractivity contribution in [2.45, 2.75) is 24.8 Å². The van der Waals surface area contributed by atoms with Crippen molar-refractivity contribution in [3.05, 3.63) is 72.6 Å². The second-order valence-corrected chi connectivity index (χ2v) is 12.0. The number of pyridine rings is 2. The fraction of sp³-hybridized carbons (Fsp3) is 0.323. The van der Waals surface area contributed by atoms with Gasteiger partial charge in [-0.15, -0.1) is 0 Å². The van der Waals surface area contributed by atoms with E-state index in [0.717, 1.165) is 5.56 Å². The van der Waals surface area contributed by atoms with Crippen molar-refractivity contribution in [2.24, 2.45) is 0 Å². The molecule has 47 heavy (non-hydrogen) atoms. The molecule has 0 unspecified atom stereocenters. The number of rotatable bonds is 13. The van der Waals surface area contributed by atoms with Crippen LogP contribution in [-0.4, -0.2) is 81.1 Å². The van der Waals surface area contributed by atoms with Gasteiger partial charge in [-0.05, 0) is 41.8 Å². The normalized spacial score (nSPS) is 13.1. The quantitative estimate of drug-likeness (QED) is 0.192. The maximum absolute atomic E-state index is 13.6. The van der Waals surface area contributed by atoms with Gasteiger partial charge in [0, 0.05) is 25.5 Å². The van der Waals surface area contributed by atoms with Crippen LogP contribution in [0.15, 0.2) is 72.0 Å². The van der Waals surface area contributed by atoms with E-state index in [9.17, 15) is 13.2 Å². The number of carbonyl (C=O) groups is 1. The second-order valence-electron chi connectivity index (χ2n) is 10.4. The Labute approximate surface area is 272 Å². The van der Waals surface area contributed by atoms with E-state index in [2.05, 4.69) is 30.0 Å². The molecule has 0 radical (unpaired) electrons. The van der Waals surface area contributed by atoms with Gasteiger partial charge in [-0.25, -0.2) is 14.8 Å². The summed E-state index contributed by atoms with van der Waals surface area (Å²) in [6.07, 6.45) is 2.31. The van der Waals surface area contributed by atoms with Crippen LogP contribution in [0.25, 0.3) is 0 Å². The predicted octanol–water partition coefficient (Wildman–Crippen LogP) is 4.46. The lowest BCUT2D eigenvalue weighted by Gasteiger charge is -2.28. The van der Waals surface area contributed by atoms with Crippen molar-refractivity contribution in [3.63, 3.8) is 0 Å². The molecule has 16 heteroatoms. The summed E-state index contributed by atoms with van der Waals surface area (Å²) in [5.41, 5.74) is 0.882. The summed E-state index contributed by atoms with van der Waals surface area (Å²) in [6, 6.07) is 15.0. The number of sulfonamides is 1. The molecule has 0 bridgehead atoms. The third-order valence-corrected chi connectivity index (χ3v) is 8.03. The van der Waals surface area contributed by atoms with Crippen LogP contribution in [0.3, 0.4) is 0 Å². The van der Waals surface area contributed by atoms with E-state index in [1.807, 2.05) is 18.7 Å². The Morgan fingerprint density at radius 3 is 2.43 bits per heavy atom. The van der Waals surface area contributed by atoms with E-state index in [1.54, 1.807) is 48.5 Å². The number of hydrogen-bond acceptors (Lipinski definition) is 13. The molecule has 5 rings (SSSR count). The summed E-state index contributed by atoms with van der Waals surface area (Å²) in [5.74, 6) is 0.807. The van der Waals surface area contributed by atoms with Crippen LogP contribution in [-0.2, 0) is 19.5 Å². The Morgan fingerprint density at radius 2 is 1.74 bits per heavy atom. The van der Waals surface area contributed by atoms with E-state index in [-0.39, 0.29) is 53.3 Å². The highest BCUT2D eigenvalue weighted by atomic mass is 32.2. The minimum Gasteiger partial charge on any atom is -0.493 e. The number of nitrogens with one attached hydrogen (secondary N) is 2. The van der Waals surface area contributed by atoms with Crippen molar-refractivity contribution in [3.8, 4) is 23.1 Å². The first-order valence-electron chi connectivity index (χ1n) is 14.8. The molecular formula is C31H35N7O8S. The van der Waals surface area contributed by atoms with Gasteiger partial charge in [-0.3, -0.25) is 10.0 Å². The Bertz CT molecular complexity index is 1750. The van der Waals surface area contributed by atoms with Crippen molar-refractivity contribution in [1.82, 2.24) is 19.9 Å². The molecule has 2 N–H and O–H groups in total. The van der Waals surface area contributed by atoms with Gasteiger partial charge in [0.1, 0.15) is 19.0 Å². The number of carbonyl (C=O) groups excluding carboxylic acids is 1. The standard InChI is InChI=1S/C31H35N7O8S/c1-21(2)22-11-12-26(33-20-22)47(40,41)37-28-27(46-24-9-5-4-8-23(24)42-3)29(36-30(35-28)38-14-16-43-17-15-38)44-18-19-45-31(39)34-25-10-6-7-13-32-25/h4-13,20-21H,14-19H2,1-3H3,(H,32,34,39)(H,35,36,37). The zero-order valence-corrected chi connectivity index (χ0v) is 26.9. The van der Waals surface area contributed by atoms with Crippen molar-refractivity contribution in [2.75, 3.05) is 61.6 Å². The number of ether oxygens (including phenoxy) is 5. The number of amides is 1. The van der Waals surface area contributed by atoms with Gasteiger partial charge in [0.2, 0.25) is 11.7 Å². The molecule has 3 aromatic heterocycles. The summed E-state index contributed by atoms with van der Waals surface area (Å²) >= 11 is 0. The number of hydrogen-bond donors (Lipinski definition) is 2. The predicted molar refractivity (Wildman–Crippen MR) is 172 cm³/mol. The molecule has 0 spiro atoms. The smallest absolute Gasteiger partial charge is 0.412 e. The van der Waals surface area contributed by atoms with Gasteiger partial charge in [0.05, 0.1) is 20.3 Å². The molecule has 4 heterocycles. The Balaban J connectivity index is 1.48. The highest BCUT2D eigenvalue weighted by Crippen LogP contribution is 2.41. The second kappa shape index (κ2) is 15.4. The van der Waals surface area contributed by atoms with E-state index in [0.29, 0.717) is 37.9 Å². The van der Waals surface area contributed by atoms with Crippen LogP contribution in [0.4, 0.5) is 22.4 Å². The molecule has 1 fully saturated rings.